The van der Waals surface area contributed by atoms with E-state index >= 15 is 0 Å². The maximum atomic E-state index is 12.3. The summed E-state index contributed by atoms with van der Waals surface area (Å²) < 4.78 is 2.15. The van der Waals surface area contributed by atoms with Crippen LogP contribution >= 0.6 is 11.8 Å². The van der Waals surface area contributed by atoms with Gasteiger partial charge < -0.3 is 14.8 Å². The number of nitrogens with one attached hydrogen (secondary N) is 1. The summed E-state index contributed by atoms with van der Waals surface area (Å²) in [6, 6.07) is 0.313. The van der Waals surface area contributed by atoms with Gasteiger partial charge in [-0.05, 0) is 6.42 Å². The van der Waals surface area contributed by atoms with Crippen LogP contribution < -0.4 is 5.32 Å². The molecule has 0 bridgehead atoms. The molecule has 0 spiro atoms. The van der Waals surface area contributed by atoms with Crippen molar-refractivity contribution in [3.63, 3.8) is 0 Å². The van der Waals surface area contributed by atoms with E-state index in [0.717, 1.165) is 49.1 Å². The molecule has 20 heavy (non-hydrogen) atoms. The highest BCUT2D eigenvalue weighted by Gasteiger charge is 2.22. The maximum Gasteiger partial charge on any atom is 0.224 e. The molecule has 2 aliphatic heterocycles. The molecule has 1 saturated heterocycles. The molecule has 1 N–H and O–H groups in total. The molecule has 1 fully saturated rings. The lowest BCUT2D eigenvalue weighted by molar-refractivity contribution is -0.131. The molecule has 0 aliphatic carbocycles. The normalized spacial score (nSPS) is 21.8. The van der Waals surface area contributed by atoms with Crippen LogP contribution in [-0.2, 0) is 24.3 Å². The second-order valence-corrected chi connectivity index (χ2v) is 6.62. The zero-order chi connectivity index (χ0) is 13.9. The minimum absolute atomic E-state index is 0.181. The zero-order valence-corrected chi connectivity index (χ0v) is 12.7. The highest BCUT2D eigenvalue weighted by Crippen LogP contribution is 2.16. The molecule has 2 aliphatic rings. The second kappa shape index (κ2) is 6.13. The average Bonchev–Trinajstić information content (AvgIpc) is 3.05. The van der Waals surface area contributed by atoms with Gasteiger partial charge in [-0.25, -0.2) is 0 Å². The van der Waals surface area contributed by atoms with Crippen molar-refractivity contribution in [3.05, 3.63) is 11.6 Å². The molecule has 6 nitrogen and oxygen atoms in total. The molecule has 3 heterocycles. The third kappa shape index (κ3) is 2.98. The molecule has 0 aromatic carbocycles. The molecule has 1 unspecified atom stereocenters. The standard InChI is InChI=1S/C13H21N5OS/c1-17(13(19)7-10-9-20-6-4-14-10)8-12-16-15-11-3-2-5-18(11)12/h10,14H,2-9H2,1H3. The van der Waals surface area contributed by atoms with Gasteiger partial charge in [0.25, 0.3) is 0 Å². The van der Waals surface area contributed by atoms with Crippen molar-refractivity contribution < 1.29 is 4.79 Å². The Balaban J connectivity index is 1.55. The molecule has 1 atom stereocenters. The fourth-order valence-electron chi connectivity index (χ4n) is 2.75. The van der Waals surface area contributed by atoms with Crippen LogP contribution in [0.1, 0.15) is 24.5 Å². The lowest BCUT2D eigenvalue weighted by atomic mass is 10.2. The van der Waals surface area contributed by atoms with E-state index in [2.05, 4.69) is 20.1 Å². The Morgan fingerprint density at radius 1 is 1.55 bits per heavy atom. The van der Waals surface area contributed by atoms with Crippen LogP contribution in [0.25, 0.3) is 0 Å². The zero-order valence-electron chi connectivity index (χ0n) is 11.8. The maximum absolute atomic E-state index is 12.3. The van der Waals surface area contributed by atoms with Crippen molar-refractivity contribution in [2.45, 2.75) is 38.4 Å². The van der Waals surface area contributed by atoms with E-state index < -0.39 is 0 Å². The quantitative estimate of drug-likeness (QED) is 0.864. The molecular formula is C13H21N5OS. The van der Waals surface area contributed by atoms with Crippen LogP contribution in [0, 0.1) is 0 Å². The number of amides is 1. The number of rotatable bonds is 4. The summed E-state index contributed by atoms with van der Waals surface area (Å²) >= 11 is 1.92. The number of nitrogens with zero attached hydrogens (tertiary/aromatic N) is 4. The first-order valence-electron chi connectivity index (χ1n) is 7.20. The van der Waals surface area contributed by atoms with Gasteiger partial charge >= 0.3 is 0 Å². The van der Waals surface area contributed by atoms with Gasteiger partial charge in [0.2, 0.25) is 5.91 Å². The predicted octanol–water partition coefficient (Wildman–Crippen LogP) is 0.278. The third-order valence-corrected chi connectivity index (χ3v) is 5.04. The molecule has 1 aromatic rings. The lowest BCUT2D eigenvalue weighted by Crippen LogP contribution is -2.41. The number of aromatic nitrogens is 3. The van der Waals surface area contributed by atoms with Crippen LogP contribution in [0.2, 0.25) is 0 Å². The molecule has 7 heteroatoms. The van der Waals surface area contributed by atoms with Gasteiger partial charge in [0.15, 0.2) is 5.82 Å². The number of hydrogen-bond donors (Lipinski definition) is 1. The minimum Gasteiger partial charge on any atom is -0.338 e. The Morgan fingerprint density at radius 3 is 3.25 bits per heavy atom. The van der Waals surface area contributed by atoms with Gasteiger partial charge in [-0.15, -0.1) is 10.2 Å². The Morgan fingerprint density at radius 2 is 2.45 bits per heavy atom. The topological polar surface area (TPSA) is 63.1 Å². The molecule has 3 rings (SSSR count). The summed E-state index contributed by atoms with van der Waals surface area (Å²) in [5.74, 6) is 4.33. The Labute approximate surface area is 123 Å². The molecule has 1 aromatic heterocycles. The van der Waals surface area contributed by atoms with Crippen molar-refractivity contribution in [1.82, 2.24) is 25.0 Å². The fraction of sp³-hybridized carbons (Fsp3) is 0.769. The summed E-state index contributed by atoms with van der Waals surface area (Å²) in [6.45, 7) is 2.55. The van der Waals surface area contributed by atoms with E-state index in [1.54, 1.807) is 4.90 Å². The third-order valence-electron chi connectivity index (χ3n) is 3.91. The average molecular weight is 295 g/mol. The van der Waals surface area contributed by atoms with Crippen LogP contribution in [0.3, 0.4) is 0 Å². The van der Waals surface area contributed by atoms with Crippen molar-refractivity contribution in [2.75, 3.05) is 25.1 Å². The van der Waals surface area contributed by atoms with Crippen molar-refractivity contribution in [2.24, 2.45) is 0 Å². The van der Waals surface area contributed by atoms with Crippen LogP contribution in [-0.4, -0.2) is 56.7 Å². The van der Waals surface area contributed by atoms with Crippen molar-refractivity contribution >= 4 is 17.7 Å². The first-order valence-corrected chi connectivity index (χ1v) is 8.35. The largest absolute Gasteiger partial charge is 0.338 e. The highest BCUT2D eigenvalue weighted by molar-refractivity contribution is 7.99. The highest BCUT2D eigenvalue weighted by atomic mass is 32.2. The lowest BCUT2D eigenvalue weighted by Gasteiger charge is -2.25. The van der Waals surface area contributed by atoms with Gasteiger partial charge in [-0.2, -0.15) is 11.8 Å². The van der Waals surface area contributed by atoms with Crippen LogP contribution in [0.5, 0.6) is 0 Å². The summed E-state index contributed by atoms with van der Waals surface area (Å²) in [7, 11) is 1.86. The second-order valence-electron chi connectivity index (χ2n) is 5.47. The number of carbonyl (C=O) groups excluding carboxylic acids is 1. The van der Waals surface area contributed by atoms with E-state index in [9.17, 15) is 4.79 Å². The molecule has 1 amide bonds. The van der Waals surface area contributed by atoms with Crippen molar-refractivity contribution in [3.8, 4) is 0 Å². The van der Waals surface area contributed by atoms with Gasteiger partial charge in [-0.3, -0.25) is 4.79 Å². The number of aryl methyl sites for hydroxylation is 1. The molecule has 0 saturated carbocycles. The number of thioether (sulfide) groups is 1. The summed E-state index contributed by atoms with van der Waals surface area (Å²) in [6.07, 6.45) is 2.72. The van der Waals surface area contributed by atoms with Gasteiger partial charge in [0.1, 0.15) is 5.82 Å². The smallest absolute Gasteiger partial charge is 0.224 e. The Bertz CT molecular complexity index is 483. The van der Waals surface area contributed by atoms with E-state index in [1.165, 1.54) is 0 Å². The van der Waals surface area contributed by atoms with Gasteiger partial charge in [0.05, 0.1) is 6.54 Å². The summed E-state index contributed by atoms with van der Waals surface area (Å²) in [4.78, 5) is 14.0. The van der Waals surface area contributed by atoms with E-state index in [-0.39, 0.29) is 5.91 Å². The Hall–Kier alpha value is -1.08. The predicted molar refractivity (Wildman–Crippen MR) is 78.5 cm³/mol. The number of carbonyl (C=O) groups is 1. The van der Waals surface area contributed by atoms with Gasteiger partial charge in [-0.1, -0.05) is 0 Å². The van der Waals surface area contributed by atoms with Crippen LogP contribution in [0.4, 0.5) is 0 Å². The van der Waals surface area contributed by atoms with E-state index in [0.29, 0.717) is 19.0 Å². The van der Waals surface area contributed by atoms with E-state index in [1.807, 2.05) is 18.8 Å². The summed E-state index contributed by atoms with van der Waals surface area (Å²) in [5.41, 5.74) is 0. The van der Waals surface area contributed by atoms with Crippen molar-refractivity contribution in [1.29, 1.82) is 0 Å². The van der Waals surface area contributed by atoms with Gasteiger partial charge in [0, 0.05) is 50.5 Å². The fourth-order valence-corrected chi connectivity index (χ4v) is 3.69. The minimum atomic E-state index is 0.181. The number of fused-ring (bicyclic) bond motifs is 1. The molecular weight excluding hydrogens is 274 g/mol. The first-order chi connectivity index (χ1) is 9.74. The SMILES string of the molecule is CN(Cc1nnc2n1CCC2)C(=O)CC1CSCCN1. The Kier molecular flexibility index (Phi) is 4.26. The molecule has 110 valence electrons. The molecule has 0 radical (unpaired) electrons. The first kappa shape index (κ1) is 13.9. The summed E-state index contributed by atoms with van der Waals surface area (Å²) in [5, 5.41) is 11.8. The monoisotopic (exact) mass is 295 g/mol. The van der Waals surface area contributed by atoms with Crippen LogP contribution in [0.15, 0.2) is 0 Å². The number of hydrogen-bond acceptors (Lipinski definition) is 5. The van der Waals surface area contributed by atoms with E-state index in [4.69, 9.17) is 0 Å².